The van der Waals surface area contributed by atoms with Crippen molar-refractivity contribution in [1.82, 2.24) is 9.97 Å². The first-order chi connectivity index (χ1) is 8.58. The van der Waals surface area contributed by atoms with E-state index in [1.807, 2.05) is 0 Å². The van der Waals surface area contributed by atoms with Crippen LogP contribution < -0.4 is 11.1 Å². The second kappa shape index (κ2) is 4.74. The Bertz CT molecular complexity index is 589. The molecule has 5 nitrogen and oxygen atoms in total. The van der Waals surface area contributed by atoms with Gasteiger partial charge in [0, 0.05) is 18.5 Å². The van der Waals surface area contributed by atoms with E-state index in [9.17, 15) is 13.6 Å². The Morgan fingerprint density at radius 1 is 1.17 bits per heavy atom. The molecule has 2 aromatic rings. The van der Waals surface area contributed by atoms with Gasteiger partial charge in [-0.15, -0.1) is 0 Å². The lowest BCUT2D eigenvalue weighted by Gasteiger charge is -2.05. The second-order valence-electron chi connectivity index (χ2n) is 3.38. The normalized spacial score (nSPS) is 10.1. The molecule has 1 aromatic heterocycles. The topological polar surface area (TPSA) is 80.9 Å². The van der Waals surface area contributed by atoms with Crippen molar-refractivity contribution in [2.45, 2.75) is 0 Å². The van der Waals surface area contributed by atoms with Crippen molar-refractivity contribution in [3.05, 3.63) is 47.8 Å². The van der Waals surface area contributed by atoms with Gasteiger partial charge >= 0.3 is 0 Å². The van der Waals surface area contributed by atoms with E-state index in [1.54, 1.807) is 6.07 Å². The first kappa shape index (κ1) is 11.9. The quantitative estimate of drug-likeness (QED) is 0.793. The molecule has 0 unspecified atom stereocenters. The Morgan fingerprint density at radius 3 is 2.50 bits per heavy atom. The summed E-state index contributed by atoms with van der Waals surface area (Å²) in [6.45, 7) is 0. The van der Waals surface area contributed by atoms with Crippen LogP contribution in [-0.2, 0) is 0 Å². The summed E-state index contributed by atoms with van der Waals surface area (Å²) in [5, 5.41) is 2.27. The lowest BCUT2D eigenvalue weighted by atomic mass is 10.1. The third-order valence-corrected chi connectivity index (χ3v) is 2.12. The van der Waals surface area contributed by atoms with Gasteiger partial charge in [-0.05, 0) is 12.1 Å². The van der Waals surface area contributed by atoms with E-state index in [-0.39, 0.29) is 17.2 Å². The molecule has 0 fully saturated rings. The number of nitrogens with one attached hydrogen (secondary N) is 1. The fourth-order valence-corrected chi connectivity index (χ4v) is 1.27. The molecule has 0 spiro atoms. The third-order valence-electron chi connectivity index (χ3n) is 2.12. The lowest BCUT2D eigenvalue weighted by molar-refractivity contribution is 0.102. The minimum absolute atomic E-state index is 0.0183. The van der Waals surface area contributed by atoms with Crippen LogP contribution in [0.15, 0.2) is 30.6 Å². The van der Waals surface area contributed by atoms with Crippen molar-refractivity contribution in [3.63, 3.8) is 0 Å². The first-order valence-corrected chi connectivity index (χ1v) is 4.91. The van der Waals surface area contributed by atoms with E-state index in [2.05, 4.69) is 15.3 Å². The van der Waals surface area contributed by atoms with Crippen LogP contribution in [0.2, 0.25) is 0 Å². The Kier molecular flexibility index (Phi) is 3.13. The van der Waals surface area contributed by atoms with Gasteiger partial charge in [0.1, 0.15) is 11.6 Å². The molecule has 0 saturated heterocycles. The Labute approximate surface area is 101 Å². The zero-order chi connectivity index (χ0) is 13.1. The molecule has 2 rings (SSSR count). The summed E-state index contributed by atoms with van der Waals surface area (Å²) < 4.78 is 26.3. The summed E-state index contributed by atoms with van der Waals surface area (Å²) in [5.74, 6) is -2.70. The van der Waals surface area contributed by atoms with E-state index >= 15 is 0 Å². The molecule has 0 aliphatic carbocycles. The summed E-state index contributed by atoms with van der Waals surface area (Å²) in [7, 11) is 0. The minimum Gasteiger partial charge on any atom is -0.396 e. The number of amides is 1. The molecule has 0 saturated carbocycles. The third kappa shape index (κ3) is 2.40. The van der Waals surface area contributed by atoms with Crippen molar-refractivity contribution >= 4 is 17.5 Å². The van der Waals surface area contributed by atoms with Crippen molar-refractivity contribution in [2.75, 3.05) is 11.1 Å². The summed E-state index contributed by atoms with van der Waals surface area (Å²) in [6.07, 6.45) is 2.83. The molecule has 3 N–H and O–H groups in total. The van der Waals surface area contributed by atoms with Crippen LogP contribution in [-0.4, -0.2) is 15.9 Å². The zero-order valence-corrected chi connectivity index (χ0v) is 9.02. The number of anilines is 2. The van der Waals surface area contributed by atoms with Crippen LogP contribution in [0.1, 0.15) is 10.4 Å². The molecule has 1 aromatic carbocycles. The van der Waals surface area contributed by atoms with Crippen LogP contribution in [0.5, 0.6) is 0 Å². The van der Waals surface area contributed by atoms with Crippen LogP contribution in [0.3, 0.4) is 0 Å². The average Bonchev–Trinajstić information content (AvgIpc) is 2.35. The molecule has 0 radical (unpaired) electrons. The van der Waals surface area contributed by atoms with E-state index < -0.39 is 17.5 Å². The Balaban J connectivity index is 2.27. The number of rotatable bonds is 2. The molecule has 18 heavy (non-hydrogen) atoms. The summed E-state index contributed by atoms with van der Waals surface area (Å²) in [4.78, 5) is 19.2. The number of hydrogen-bond acceptors (Lipinski definition) is 4. The van der Waals surface area contributed by atoms with Gasteiger partial charge in [0.2, 0.25) is 5.95 Å². The number of hydrogen-bond donors (Lipinski definition) is 2. The summed E-state index contributed by atoms with van der Waals surface area (Å²) in [5.41, 5.74) is 4.58. The lowest BCUT2D eigenvalue weighted by Crippen LogP contribution is -2.16. The molecule has 1 amide bonds. The molecule has 92 valence electrons. The number of benzene rings is 1. The predicted molar refractivity (Wildman–Crippen MR) is 60.8 cm³/mol. The first-order valence-electron chi connectivity index (χ1n) is 4.91. The maximum atomic E-state index is 13.4. The van der Waals surface area contributed by atoms with Gasteiger partial charge in [-0.3, -0.25) is 10.1 Å². The highest BCUT2D eigenvalue weighted by Gasteiger charge is 2.15. The van der Waals surface area contributed by atoms with E-state index in [1.165, 1.54) is 12.4 Å². The van der Waals surface area contributed by atoms with Crippen LogP contribution >= 0.6 is 0 Å². The summed E-state index contributed by atoms with van der Waals surface area (Å²) in [6, 6.07) is 3.03. The number of halogens is 2. The number of carbonyl (C=O) groups is 1. The summed E-state index contributed by atoms with van der Waals surface area (Å²) >= 11 is 0. The standard InChI is InChI=1S/C11H8F2N4O/c12-7-5-8(13)9(14)4-6(7)10(18)17-11-15-2-1-3-16-11/h1-5H,14H2,(H,15,16,17,18). The molecule has 0 bridgehead atoms. The van der Waals surface area contributed by atoms with Gasteiger partial charge in [0.05, 0.1) is 11.3 Å². The van der Waals surface area contributed by atoms with Crippen molar-refractivity contribution in [3.8, 4) is 0 Å². The van der Waals surface area contributed by atoms with Crippen molar-refractivity contribution in [1.29, 1.82) is 0 Å². The van der Waals surface area contributed by atoms with Gasteiger partial charge < -0.3 is 5.73 Å². The fraction of sp³-hybridized carbons (Fsp3) is 0. The Hall–Kier alpha value is -2.57. The smallest absolute Gasteiger partial charge is 0.261 e. The van der Waals surface area contributed by atoms with Gasteiger partial charge in [-0.25, -0.2) is 18.7 Å². The van der Waals surface area contributed by atoms with E-state index in [0.717, 1.165) is 6.07 Å². The van der Waals surface area contributed by atoms with Crippen LogP contribution in [0, 0.1) is 11.6 Å². The fourth-order valence-electron chi connectivity index (χ4n) is 1.27. The monoisotopic (exact) mass is 250 g/mol. The second-order valence-corrected chi connectivity index (χ2v) is 3.38. The predicted octanol–water partition coefficient (Wildman–Crippen LogP) is 1.59. The molecule has 7 heteroatoms. The number of nitrogens with zero attached hydrogens (tertiary/aromatic N) is 2. The van der Waals surface area contributed by atoms with Crippen molar-refractivity contribution in [2.24, 2.45) is 0 Å². The maximum Gasteiger partial charge on any atom is 0.261 e. The average molecular weight is 250 g/mol. The number of carbonyl (C=O) groups excluding carboxylic acids is 1. The molecule has 0 aliphatic rings. The van der Waals surface area contributed by atoms with Crippen molar-refractivity contribution < 1.29 is 13.6 Å². The van der Waals surface area contributed by atoms with Gasteiger partial charge in [-0.1, -0.05) is 0 Å². The molecule has 1 heterocycles. The molecule has 0 aliphatic heterocycles. The molecular formula is C11H8F2N4O. The largest absolute Gasteiger partial charge is 0.396 e. The minimum atomic E-state index is -1.00. The van der Waals surface area contributed by atoms with E-state index in [0.29, 0.717) is 6.07 Å². The Morgan fingerprint density at radius 2 is 1.83 bits per heavy atom. The number of nitrogen functional groups attached to an aromatic ring is 1. The molecule has 0 atom stereocenters. The highest BCUT2D eigenvalue weighted by Crippen LogP contribution is 2.17. The van der Waals surface area contributed by atoms with Gasteiger partial charge in [-0.2, -0.15) is 0 Å². The van der Waals surface area contributed by atoms with Crippen LogP contribution in [0.4, 0.5) is 20.4 Å². The maximum absolute atomic E-state index is 13.4. The highest BCUT2D eigenvalue weighted by molar-refractivity contribution is 6.04. The highest BCUT2D eigenvalue weighted by atomic mass is 19.1. The number of nitrogens with two attached hydrogens (primary N) is 1. The van der Waals surface area contributed by atoms with Crippen LogP contribution in [0.25, 0.3) is 0 Å². The SMILES string of the molecule is Nc1cc(C(=O)Nc2ncccn2)c(F)cc1F. The zero-order valence-electron chi connectivity index (χ0n) is 9.02. The molecular weight excluding hydrogens is 242 g/mol. The van der Waals surface area contributed by atoms with Gasteiger partial charge in [0.25, 0.3) is 5.91 Å². The number of aromatic nitrogens is 2. The van der Waals surface area contributed by atoms with Gasteiger partial charge in [0.15, 0.2) is 0 Å². The van der Waals surface area contributed by atoms with E-state index in [4.69, 9.17) is 5.73 Å².